The van der Waals surface area contributed by atoms with Crippen LogP contribution in [0.3, 0.4) is 0 Å². The zero-order valence-electron chi connectivity index (χ0n) is 6.90. The lowest BCUT2D eigenvalue weighted by Gasteiger charge is -2.10. The first-order chi connectivity index (χ1) is 4.52. The molecule has 0 aliphatic rings. The maximum atomic E-state index is 10.1. The van der Waals surface area contributed by atoms with Crippen LogP contribution in [0.4, 0.5) is 0 Å². The molecule has 76 valence electrons. The highest BCUT2D eigenvalue weighted by Crippen LogP contribution is 1.96. The van der Waals surface area contributed by atoms with Gasteiger partial charge in [0.15, 0.2) is 0 Å². The minimum Gasteiger partial charge on any atom is -0.481 e. The van der Waals surface area contributed by atoms with Crippen molar-refractivity contribution in [1.29, 1.82) is 0 Å². The van der Waals surface area contributed by atoms with Crippen molar-refractivity contribution in [2.45, 2.75) is 31.8 Å². The fraction of sp³-hybridized carbons (Fsp3) is 0.833. The standard InChI is InChI=1S/C6H14N2O2.2ClH/c1-4(7)2-5(8)3-6(9)10;;/h4-5H,2-3,7-8H2,1H3,(H,9,10);2*1H. The third kappa shape index (κ3) is 12.6. The second-order valence-electron chi connectivity index (χ2n) is 2.57. The van der Waals surface area contributed by atoms with Crippen LogP contribution in [-0.2, 0) is 4.79 Å². The zero-order valence-corrected chi connectivity index (χ0v) is 8.53. The molecule has 5 N–H and O–H groups in total. The Hall–Kier alpha value is -0.0300. The van der Waals surface area contributed by atoms with Crippen LogP contribution in [0, 0.1) is 0 Å². The van der Waals surface area contributed by atoms with Crippen LogP contribution in [-0.4, -0.2) is 23.2 Å². The minimum absolute atomic E-state index is 0. The first-order valence-corrected chi connectivity index (χ1v) is 3.25. The van der Waals surface area contributed by atoms with E-state index in [9.17, 15) is 4.79 Å². The Morgan fingerprint density at radius 2 is 1.83 bits per heavy atom. The molecule has 2 unspecified atom stereocenters. The predicted octanol–water partition coefficient (Wildman–Crippen LogP) is 0.369. The Morgan fingerprint density at radius 1 is 1.42 bits per heavy atom. The number of halogens is 2. The van der Waals surface area contributed by atoms with Gasteiger partial charge >= 0.3 is 5.97 Å². The molecule has 0 fully saturated rings. The molecule has 0 amide bonds. The number of nitrogens with two attached hydrogens (primary N) is 2. The fourth-order valence-corrected chi connectivity index (χ4v) is 0.785. The maximum Gasteiger partial charge on any atom is 0.304 e. The molecule has 0 aromatic rings. The molecule has 2 atom stereocenters. The average Bonchev–Trinajstić information content (AvgIpc) is 1.58. The van der Waals surface area contributed by atoms with Gasteiger partial charge in [0.1, 0.15) is 0 Å². The zero-order chi connectivity index (χ0) is 8.15. The minimum atomic E-state index is -0.867. The largest absolute Gasteiger partial charge is 0.481 e. The average molecular weight is 219 g/mol. The van der Waals surface area contributed by atoms with Gasteiger partial charge in [0, 0.05) is 12.1 Å². The Morgan fingerprint density at radius 3 is 2.08 bits per heavy atom. The Balaban J connectivity index is -0.000000405. The van der Waals surface area contributed by atoms with Gasteiger partial charge in [-0.15, -0.1) is 24.8 Å². The number of rotatable bonds is 4. The van der Waals surface area contributed by atoms with Gasteiger partial charge in [0.05, 0.1) is 6.42 Å². The van der Waals surface area contributed by atoms with Crippen molar-refractivity contribution >= 4 is 30.8 Å². The topological polar surface area (TPSA) is 89.3 Å². The van der Waals surface area contributed by atoms with Crippen LogP contribution in [0.25, 0.3) is 0 Å². The quantitative estimate of drug-likeness (QED) is 0.637. The van der Waals surface area contributed by atoms with E-state index in [4.69, 9.17) is 16.6 Å². The number of hydrogen-bond donors (Lipinski definition) is 3. The van der Waals surface area contributed by atoms with Gasteiger partial charge in [-0.1, -0.05) is 0 Å². The smallest absolute Gasteiger partial charge is 0.304 e. The molecule has 0 spiro atoms. The lowest BCUT2D eigenvalue weighted by Crippen LogP contribution is -2.31. The monoisotopic (exact) mass is 218 g/mol. The van der Waals surface area contributed by atoms with E-state index in [1.54, 1.807) is 0 Å². The third-order valence-corrected chi connectivity index (χ3v) is 1.11. The van der Waals surface area contributed by atoms with E-state index in [0.717, 1.165) is 0 Å². The fourth-order valence-electron chi connectivity index (χ4n) is 0.785. The molecular formula is C6H16Cl2N2O2. The van der Waals surface area contributed by atoms with Crippen LogP contribution in [0.5, 0.6) is 0 Å². The lowest BCUT2D eigenvalue weighted by atomic mass is 10.1. The van der Waals surface area contributed by atoms with Crippen molar-refractivity contribution in [1.82, 2.24) is 0 Å². The molecule has 0 rings (SSSR count). The van der Waals surface area contributed by atoms with Gasteiger partial charge in [-0.3, -0.25) is 4.79 Å². The van der Waals surface area contributed by atoms with E-state index in [1.807, 2.05) is 6.92 Å². The number of carboxylic acids is 1. The molecule has 0 bridgehead atoms. The van der Waals surface area contributed by atoms with E-state index in [2.05, 4.69) is 0 Å². The molecule has 12 heavy (non-hydrogen) atoms. The first-order valence-electron chi connectivity index (χ1n) is 3.25. The molecule has 0 aliphatic carbocycles. The number of hydrogen-bond acceptors (Lipinski definition) is 3. The highest BCUT2D eigenvalue weighted by atomic mass is 35.5. The number of aliphatic carboxylic acids is 1. The Bertz CT molecular complexity index is 122. The number of carbonyl (C=O) groups is 1. The summed E-state index contributed by atoms with van der Waals surface area (Å²) in [5.41, 5.74) is 10.8. The van der Waals surface area contributed by atoms with Gasteiger partial charge in [-0.2, -0.15) is 0 Å². The van der Waals surface area contributed by atoms with Gasteiger partial charge in [-0.25, -0.2) is 0 Å². The second kappa shape index (κ2) is 9.06. The lowest BCUT2D eigenvalue weighted by molar-refractivity contribution is -0.137. The molecule has 0 aromatic heterocycles. The first kappa shape index (κ1) is 17.9. The van der Waals surface area contributed by atoms with E-state index in [0.29, 0.717) is 6.42 Å². The Labute approximate surface area is 84.5 Å². The second-order valence-corrected chi connectivity index (χ2v) is 2.57. The molecule has 0 aliphatic heterocycles. The van der Waals surface area contributed by atoms with Crippen molar-refractivity contribution in [2.24, 2.45) is 11.5 Å². The normalized spacial score (nSPS) is 13.6. The van der Waals surface area contributed by atoms with Crippen LogP contribution >= 0.6 is 24.8 Å². The summed E-state index contributed by atoms with van der Waals surface area (Å²) in [6.07, 6.45) is 0.563. The van der Waals surface area contributed by atoms with Crippen molar-refractivity contribution in [3.8, 4) is 0 Å². The molecule has 0 saturated heterocycles. The summed E-state index contributed by atoms with van der Waals surface area (Å²) in [6, 6.07) is -0.327. The van der Waals surface area contributed by atoms with E-state index in [-0.39, 0.29) is 43.3 Å². The summed E-state index contributed by atoms with van der Waals surface area (Å²) in [5.74, 6) is -0.867. The highest BCUT2D eigenvalue weighted by molar-refractivity contribution is 5.85. The molecule has 0 heterocycles. The van der Waals surface area contributed by atoms with Crippen molar-refractivity contribution in [3.05, 3.63) is 0 Å². The van der Waals surface area contributed by atoms with Gasteiger partial charge in [0.2, 0.25) is 0 Å². The summed E-state index contributed by atoms with van der Waals surface area (Å²) in [5, 5.41) is 8.28. The van der Waals surface area contributed by atoms with Crippen molar-refractivity contribution in [2.75, 3.05) is 0 Å². The van der Waals surface area contributed by atoms with Crippen LogP contribution < -0.4 is 11.5 Å². The van der Waals surface area contributed by atoms with Gasteiger partial charge < -0.3 is 16.6 Å². The predicted molar refractivity (Wildman–Crippen MR) is 53.0 cm³/mol. The summed E-state index contributed by atoms with van der Waals surface area (Å²) >= 11 is 0. The van der Waals surface area contributed by atoms with Gasteiger partial charge in [0.25, 0.3) is 0 Å². The molecule has 4 nitrogen and oxygen atoms in total. The summed E-state index contributed by atoms with van der Waals surface area (Å²) in [7, 11) is 0. The van der Waals surface area contributed by atoms with Gasteiger partial charge in [-0.05, 0) is 13.3 Å². The van der Waals surface area contributed by atoms with E-state index >= 15 is 0 Å². The maximum absolute atomic E-state index is 10.1. The van der Waals surface area contributed by atoms with Crippen molar-refractivity contribution < 1.29 is 9.90 Å². The number of carboxylic acid groups (broad SMARTS) is 1. The summed E-state index contributed by atoms with van der Waals surface area (Å²) in [4.78, 5) is 10.1. The summed E-state index contributed by atoms with van der Waals surface area (Å²) < 4.78 is 0. The molecule has 0 radical (unpaired) electrons. The highest BCUT2D eigenvalue weighted by Gasteiger charge is 2.09. The van der Waals surface area contributed by atoms with Crippen LogP contribution in [0.1, 0.15) is 19.8 Å². The van der Waals surface area contributed by atoms with Crippen LogP contribution in [0.15, 0.2) is 0 Å². The van der Waals surface area contributed by atoms with E-state index < -0.39 is 5.97 Å². The van der Waals surface area contributed by atoms with E-state index in [1.165, 1.54) is 0 Å². The van der Waals surface area contributed by atoms with Crippen LogP contribution in [0.2, 0.25) is 0 Å². The molecule has 6 heteroatoms. The molecule has 0 aromatic carbocycles. The summed E-state index contributed by atoms with van der Waals surface area (Å²) in [6.45, 7) is 1.81. The third-order valence-electron chi connectivity index (χ3n) is 1.11. The Kier molecular flexibility index (Phi) is 13.5. The van der Waals surface area contributed by atoms with Crippen molar-refractivity contribution in [3.63, 3.8) is 0 Å². The molecule has 0 saturated carbocycles. The molecular weight excluding hydrogens is 203 g/mol. The SMILES string of the molecule is CC(N)CC(N)CC(=O)O.Cl.Cl.